The van der Waals surface area contributed by atoms with Crippen LogP contribution in [0.2, 0.25) is 0 Å². The van der Waals surface area contributed by atoms with Gasteiger partial charge in [-0.2, -0.15) is 0 Å². The Hall–Kier alpha value is -2.18. The van der Waals surface area contributed by atoms with Crippen LogP contribution in [-0.2, 0) is 13.8 Å². The molecule has 1 aliphatic rings. The van der Waals surface area contributed by atoms with Gasteiger partial charge in [0.2, 0.25) is 15.0 Å². The highest BCUT2D eigenvalue weighted by Gasteiger charge is 2.39. The van der Waals surface area contributed by atoms with Crippen molar-refractivity contribution in [2.75, 3.05) is 11.4 Å². The lowest BCUT2D eigenvalue weighted by molar-refractivity contribution is -0.117. The van der Waals surface area contributed by atoms with E-state index in [2.05, 4.69) is 0 Å². The number of benzene rings is 2. The smallest absolute Gasteiger partial charge is 0.237 e. The summed E-state index contributed by atoms with van der Waals surface area (Å²) >= 11 is 0. The number of halogens is 1. The molecule has 1 atom stereocenters. The fourth-order valence-electron chi connectivity index (χ4n) is 2.74. The Kier molecular flexibility index (Phi) is 4.43. The van der Waals surface area contributed by atoms with Crippen LogP contribution in [0.25, 0.3) is 0 Å². The minimum Gasteiger partial charge on any atom is -0.310 e. The van der Waals surface area contributed by atoms with Crippen LogP contribution >= 0.6 is 10.7 Å². The van der Waals surface area contributed by atoms with Gasteiger partial charge in [0.05, 0.1) is 5.69 Å². The maximum atomic E-state index is 12.7. The lowest BCUT2D eigenvalue weighted by Gasteiger charge is -2.19. The molecule has 3 rings (SSSR count). The van der Waals surface area contributed by atoms with Crippen molar-refractivity contribution in [2.45, 2.75) is 11.7 Å². The van der Waals surface area contributed by atoms with Crippen molar-refractivity contribution in [1.82, 2.24) is 0 Å². The van der Waals surface area contributed by atoms with E-state index >= 15 is 0 Å². The van der Waals surface area contributed by atoms with Gasteiger partial charge in [0.25, 0.3) is 0 Å². The zero-order chi connectivity index (χ0) is 17.3. The highest BCUT2D eigenvalue weighted by Crippen LogP contribution is 2.30. The molecule has 0 aliphatic carbocycles. The average molecular weight is 364 g/mol. The van der Waals surface area contributed by atoms with E-state index < -0.39 is 14.3 Å². The summed E-state index contributed by atoms with van der Waals surface area (Å²) in [4.78, 5) is 26.3. The summed E-state index contributed by atoms with van der Waals surface area (Å²) in [7, 11) is 1.55. The number of hydrogen-bond acceptors (Lipinski definition) is 4. The molecule has 1 amide bonds. The third-order valence-electron chi connectivity index (χ3n) is 3.96. The van der Waals surface area contributed by atoms with E-state index in [0.29, 0.717) is 16.8 Å². The van der Waals surface area contributed by atoms with Gasteiger partial charge in [-0.05, 0) is 12.1 Å². The number of amides is 1. The van der Waals surface area contributed by atoms with Crippen molar-refractivity contribution in [1.29, 1.82) is 0 Å². The first-order valence-corrected chi connectivity index (χ1v) is 9.68. The highest BCUT2D eigenvalue weighted by molar-refractivity contribution is 8.14. The van der Waals surface area contributed by atoms with Gasteiger partial charge in [0.15, 0.2) is 5.78 Å². The molecule has 1 aliphatic heterocycles. The molecule has 5 nitrogen and oxygen atoms in total. The lowest BCUT2D eigenvalue weighted by atomic mass is 10.0. The molecule has 0 bridgehead atoms. The van der Waals surface area contributed by atoms with Crippen LogP contribution in [0.5, 0.6) is 0 Å². The molecule has 0 saturated carbocycles. The molecule has 1 fully saturated rings. The quantitative estimate of drug-likeness (QED) is 0.618. The Morgan fingerprint density at radius 2 is 1.67 bits per heavy atom. The number of carbonyl (C=O) groups excluding carboxylic acids is 2. The number of para-hydroxylation sites is 1. The Morgan fingerprint density at radius 1 is 1.04 bits per heavy atom. The largest absolute Gasteiger partial charge is 0.310 e. The standard InChI is InChI=1S/C17H14ClNO4S/c18-24(22,23)13-10-16(20)19(11-13)15-9-5-4-8-14(15)17(21)12-6-2-1-3-7-12/h1-9,13H,10-11H2. The summed E-state index contributed by atoms with van der Waals surface area (Å²) in [5.41, 5.74) is 1.25. The van der Waals surface area contributed by atoms with Gasteiger partial charge in [-0.1, -0.05) is 42.5 Å². The highest BCUT2D eigenvalue weighted by atomic mass is 35.7. The summed E-state index contributed by atoms with van der Waals surface area (Å²) in [6.07, 6.45) is -0.181. The van der Waals surface area contributed by atoms with E-state index in [1.165, 1.54) is 4.90 Å². The zero-order valence-electron chi connectivity index (χ0n) is 12.6. The Bertz CT molecular complexity index is 896. The van der Waals surface area contributed by atoms with Crippen LogP contribution < -0.4 is 4.90 Å². The molecule has 7 heteroatoms. The van der Waals surface area contributed by atoms with Gasteiger partial charge in [0, 0.05) is 34.8 Å². The molecular formula is C17H14ClNO4S. The van der Waals surface area contributed by atoms with Crippen LogP contribution in [-0.4, -0.2) is 31.9 Å². The summed E-state index contributed by atoms with van der Waals surface area (Å²) in [5, 5.41) is -0.966. The van der Waals surface area contributed by atoms with Gasteiger partial charge >= 0.3 is 0 Å². The Balaban J connectivity index is 1.99. The molecule has 24 heavy (non-hydrogen) atoms. The van der Waals surface area contributed by atoms with Crippen molar-refractivity contribution < 1.29 is 18.0 Å². The second kappa shape index (κ2) is 6.37. The topological polar surface area (TPSA) is 71.5 Å². The number of nitrogens with zero attached hydrogens (tertiary/aromatic N) is 1. The molecule has 2 aromatic carbocycles. The van der Waals surface area contributed by atoms with E-state index in [1.54, 1.807) is 48.5 Å². The van der Waals surface area contributed by atoms with Crippen molar-refractivity contribution in [3.05, 3.63) is 65.7 Å². The van der Waals surface area contributed by atoms with Crippen LogP contribution in [0.1, 0.15) is 22.3 Å². The van der Waals surface area contributed by atoms with Gasteiger partial charge in [-0.15, -0.1) is 0 Å². The number of hydrogen-bond donors (Lipinski definition) is 0. The van der Waals surface area contributed by atoms with Crippen molar-refractivity contribution >= 4 is 37.1 Å². The minimum absolute atomic E-state index is 0.0518. The molecule has 0 N–H and O–H groups in total. The first kappa shape index (κ1) is 16.7. The SMILES string of the molecule is O=C(c1ccccc1)c1ccccc1N1CC(S(=O)(=O)Cl)CC1=O. The molecule has 0 aromatic heterocycles. The molecule has 0 radical (unpaired) electrons. The number of ketones is 1. The van der Waals surface area contributed by atoms with Crippen molar-refractivity contribution in [3.63, 3.8) is 0 Å². The normalized spacial score (nSPS) is 18.0. The van der Waals surface area contributed by atoms with Crippen LogP contribution in [0.4, 0.5) is 5.69 Å². The fraction of sp³-hybridized carbons (Fsp3) is 0.176. The first-order chi connectivity index (χ1) is 11.4. The number of rotatable bonds is 4. The zero-order valence-corrected chi connectivity index (χ0v) is 14.1. The molecule has 1 saturated heterocycles. The van der Waals surface area contributed by atoms with E-state index in [0.717, 1.165) is 0 Å². The Morgan fingerprint density at radius 3 is 2.29 bits per heavy atom. The van der Waals surface area contributed by atoms with Gasteiger partial charge in [0.1, 0.15) is 5.25 Å². The average Bonchev–Trinajstić information content (AvgIpc) is 2.97. The summed E-state index contributed by atoms with van der Waals surface area (Å²) in [6.45, 7) is -0.0518. The third kappa shape index (κ3) is 3.20. The van der Waals surface area contributed by atoms with E-state index in [-0.39, 0.29) is 24.7 Å². The van der Waals surface area contributed by atoms with Crippen molar-refractivity contribution in [2.24, 2.45) is 0 Å². The van der Waals surface area contributed by atoms with E-state index in [4.69, 9.17) is 10.7 Å². The Labute approximate surface area is 144 Å². The minimum atomic E-state index is -3.84. The molecule has 2 aromatic rings. The predicted molar refractivity (Wildman–Crippen MR) is 91.8 cm³/mol. The van der Waals surface area contributed by atoms with Gasteiger partial charge < -0.3 is 4.90 Å². The maximum Gasteiger partial charge on any atom is 0.237 e. The monoisotopic (exact) mass is 363 g/mol. The van der Waals surface area contributed by atoms with Crippen LogP contribution in [0.15, 0.2) is 54.6 Å². The third-order valence-corrected chi connectivity index (χ3v) is 5.83. The first-order valence-electron chi connectivity index (χ1n) is 7.30. The second-order valence-electron chi connectivity index (χ2n) is 5.52. The summed E-state index contributed by atoms with van der Waals surface area (Å²) in [6, 6.07) is 15.4. The molecule has 1 unspecified atom stereocenters. The number of carbonyl (C=O) groups is 2. The molecule has 1 heterocycles. The lowest BCUT2D eigenvalue weighted by Crippen LogP contribution is -2.28. The predicted octanol–water partition coefficient (Wildman–Crippen LogP) is 2.59. The maximum absolute atomic E-state index is 12.7. The molecule has 124 valence electrons. The van der Waals surface area contributed by atoms with Crippen molar-refractivity contribution in [3.8, 4) is 0 Å². The van der Waals surface area contributed by atoms with E-state index in [9.17, 15) is 18.0 Å². The fourth-order valence-corrected chi connectivity index (χ4v) is 3.77. The van der Waals surface area contributed by atoms with Gasteiger partial charge in [-0.25, -0.2) is 8.42 Å². The molecule has 0 spiro atoms. The second-order valence-corrected chi connectivity index (χ2v) is 8.43. The number of anilines is 1. The van der Waals surface area contributed by atoms with Gasteiger partial charge in [-0.3, -0.25) is 9.59 Å². The summed E-state index contributed by atoms with van der Waals surface area (Å²) < 4.78 is 23.0. The molecular weight excluding hydrogens is 350 g/mol. The summed E-state index contributed by atoms with van der Waals surface area (Å²) in [5.74, 6) is -0.589. The van der Waals surface area contributed by atoms with Crippen LogP contribution in [0.3, 0.4) is 0 Å². The van der Waals surface area contributed by atoms with E-state index in [1.807, 2.05) is 6.07 Å². The van der Waals surface area contributed by atoms with Crippen LogP contribution in [0, 0.1) is 0 Å².